The van der Waals surface area contributed by atoms with Crippen molar-refractivity contribution < 1.29 is 24.2 Å². The minimum atomic E-state index is -0.741. The number of aromatic nitrogens is 2. The van der Waals surface area contributed by atoms with Crippen molar-refractivity contribution in [2.75, 3.05) is 7.05 Å². The molecule has 8 nitrogen and oxygen atoms in total. The molecule has 0 bridgehead atoms. The predicted octanol–water partition coefficient (Wildman–Crippen LogP) is 2.28. The highest BCUT2D eigenvalue weighted by Gasteiger charge is 2.37. The number of rotatable bonds is 3. The smallest absolute Gasteiger partial charge is 0.419 e. The van der Waals surface area contributed by atoms with Crippen LogP contribution in [0.5, 0.6) is 0 Å². The minimum Gasteiger partial charge on any atom is -0.446 e. The second-order valence-electron chi connectivity index (χ2n) is 6.41. The number of hydrogen-bond donors (Lipinski definition) is 1. The van der Waals surface area contributed by atoms with E-state index in [0.717, 1.165) is 9.91 Å². The van der Waals surface area contributed by atoms with E-state index < -0.39 is 17.8 Å². The summed E-state index contributed by atoms with van der Waals surface area (Å²) in [6.45, 7) is 5.05. The van der Waals surface area contributed by atoms with E-state index in [9.17, 15) is 9.59 Å². The van der Waals surface area contributed by atoms with E-state index in [2.05, 4.69) is 10.2 Å². The Morgan fingerprint density at radius 3 is 2.48 bits per heavy atom. The van der Waals surface area contributed by atoms with Gasteiger partial charge in [-0.2, -0.15) is 0 Å². The Bertz CT molecular complexity index is 577. The van der Waals surface area contributed by atoms with Gasteiger partial charge in [0.05, 0.1) is 6.61 Å². The normalized spacial score (nSPS) is 20.6. The average Bonchev–Trinajstić information content (AvgIpc) is 2.87. The quantitative estimate of drug-likeness (QED) is 0.898. The summed E-state index contributed by atoms with van der Waals surface area (Å²) in [6.07, 6.45) is -0.452. The molecule has 2 amide bonds. The van der Waals surface area contributed by atoms with E-state index >= 15 is 0 Å². The summed E-state index contributed by atoms with van der Waals surface area (Å²) in [5, 5.41) is 18.2. The molecule has 1 aromatic rings. The maximum atomic E-state index is 11.9. The van der Waals surface area contributed by atoms with E-state index in [1.165, 1.54) is 18.4 Å². The molecule has 0 aromatic carbocycles. The van der Waals surface area contributed by atoms with Gasteiger partial charge in [0.25, 0.3) is 0 Å². The van der Waals surface area contributed by atoms with Crippen molar-refractivity contribution in [2.24, 2.45) is 0 Å². The summed E-state index contributed by atoms with van der Waals surface area (Å²) in [5.74, 6) is 0.178. The molecule has 0 atom stereocenters. The van der Waals surface area contributed by atoms with Gasteiger partial charge in [0, 0.05) is 13.0 Å². The van der Waals surface area contributed by atoms with Crippen LogP contribution in [0.25, 0.3) is 0 Å². The number of hydrogen-bond acceptors (Lipinski definition) is 8. The Morgan fingerprint density at radius 1 is 1.30 bits per heavy atom. The molecule has 1 aliphatic rings. The molecular weight excluding hydrogens is 322 g/mol. The van der Waals surface area contributed by atoms with Crippen LogP contribution in [0.2, 0.25) is 0 Å². The van der Waals surface area contributed by atoms with Crippen molar-refractivity contribution in [3.05, 3.63) is 10.0 Å². The first-order valence-corrected chi connectivity index (χ1v) is 8.11. The Balaban J connectivity index is 1.78. The lowest BCUT2D eigenvalue weighted by Gasteiger charge is -2.34. The highest BCUT2D eigenvalue weighted by Crippen LogP contribution is 2.40. The molecule has 1 saturated carbocycles. The Hall–Kier alpha value is -1.74. The van der Waals surface area contributed by atoms with Gasteiger partial charge in [-0.1, -0.05) is 11.3 Å². The Kier molecular flexibility index (Phi) is 5.20. The van der Waals surface area contributed by atoms with E-state index in [-0.39, 0.29) is 18.6 Å². The molecule has 1 fully saturated rings. The molecule has 1 aromatic heterocycles. The minimum absolute atomic E-state index is 0.122. The van der Waals surface area contributed by atoms with Crippen LogP contribution >= 0.6 is 11.3 Å². The van der Waals surface area contributed by atoms with Gasteiger partial charge in [-0.25, -0.2) is 14.5 Å². The van der Waals surface area contributed by atoms with Crippen LogP contribution in [-0.4, -0.2) is 51.1 Å². The Labute approximate surface area is 138 Å². The molecule has 1 heterocycles. The number of carbonyl (C=O) groups excluding carboxylic acids is 2. The zero-order valence-electron chi connectivity index (χ0n) is 13.6. The van der Waals surface area contributed by atoms with Gasteiger partial charge in [0.15, 0.2) is 0 Å². The molecular formula is C14H21N3O5S. The number of amides is 2. The van der Waals surface area contributed by atoms with Gasteiger partial charge in [-0.05, 0) is 33.6 Å². The van der Waals surface area contributed by atoms with Gasteiger partial charge in [0.1, 0.15) is 21.7 Å². The molecule has 1 aliphatic carbocycles. The first kappa shape index (κ1) is 17.6. The van der Waals surface area contributed by atoms with Crippen LogP contribution in [0, 0.1) is 0 Å². The van der Waals surface area contributed by atoms with Crippen molar-refractivity contribution in [1.82, 2.24) is 15.1 Å². The van der Waals surface area contributed by atoms with Gasteiger partial charge in [-0.3, -0.25) is 0 Å². The first-order chi connectivity index (χ1) is 10.7. The second kappa shape index (κ2) is 6.79. The van der Waals surface area contributed by atoms with E-state index in [4.69, 9.17) is 14.6 Å². The lowest BCUT2D eigenvalue weighted by Crippen LogP contribution is -2.42. The molecule has 0 unspecified atom stereocenters. The molecule has 23 heavy (non-hydrogen) atoms. The van der Waals surface area contributed by atoms with Crippen molar-refractivity contribution in [3.8, 4) is 0 Å². The molecule has 0 radical (unpaired) electrons. The van der Waals surface area contributed by atoms with Crippen molar-refractivity contribution in [3.63, 3.8) is 0 Å². The third kappa shape index (κ3) is 4.61. The van der Waals surface area contributed by atoms with Crippen molar-refractivity contribution in [1.29, 1.82) is 0 Å². The standard InChI is InChI=1S/C14H21N3O5S/c1-14(2,3)22-13(20)17(4)12(19)21-9-5-8(6-9)11-16-15-10(7-18)23-11/h8-9,18H,5-7H2,1-4H3. The van der Waals surface area contributed by atoms with Crippen molar-refractivity contribution >= 4 is 23.5 Å². The van der Waals surface area contributed by atoms with Crippen molar-refractivity contribution in [2.45, 2.75) is 57.8 Å². The third-order valence-electron chi connectivity index (χ3n) is 3.27. The van der Waals surface area contributed by atoms with Crippen LogP contribution in [0.3, 0.4) is 0 Å². The molecule has 0 saturated heterocycles. The molecule has 0 aliphatic heterocycles. The maximum Gasteiger partial charge on any atom is 0.419 e. The molecule has 1 N–H and O–H groups in total. The van der Waals surface area contributed by atoms with E-state index in [0.29, 0.717) is 17.8 Å². The molecule has 128 valence electrons. The summed E-state index contributed by atoms with van der Waals surface area (Å²) in [6, 6.07) is 0. The zero-order valence-corrected chi connectivity index (χ0v) is 14.4. The fourth-order valence-electron chi connectivity index (χ4n) is 1.99. The molecule has 9 heteroatoms. The van der Waals surface area contributed by atoms with Gasteiger partial charge >= 0.3 is 12.2 Å². The van der Waals surface area contributed by atoms with Crippen LogP contribution in [0.4, 0.5) is 9.59 Å². The number of aliphatic hydroxyl groups is 1. The van der Waals surface area contributed by atoms with Crippen LogP contribution in [0.15, 0.2) is 0 Å². The lowest BCUT2D eigenvalue weighted by molar-refractivity contribution is 0.00274. The van der Waals surface area contributed by atoms with E-state index in [1.807, 2.05) is 0 Å². The number of ether oxygens (including phenoxy) is 2. The number of imide groups is 1. The largest absolute Gasteiger partial charge is 0.446 e. The van der Waals surface area contributed by atoms with Crippen LogP contribution in [0.1, 0.15) is 49.5 Å². The number of nitrogens with zero attached hydrogens (tertiary/aromatic N) is 3. The SMILES string of the molecule is CN(C(=O)OC1CC(c2nnc(CO)s2)C1)C(=O)OC(C)(C)C. The van der Waals surface area contributed by atoms with Crippen LogP contribution < -0.4 is 0 Å². The summed E-state index contributed by atoms with van der Waals surface area (Å²) in [7, 11) is 1.32. The highest BCUT2D eigenvalue weighted by atomic mass is 32.1. The monoisotopic (exact) mass is 343 g/mol. The summed E-state index contributed by atoms with van der Waals surface area (Å²) in [5.41, 5.74) is -0.671. The molecule has 0 spiro atoms. The van der Waals surface area contributed by atoms with E-state index in [1.54, 1.807) is 20.8 Å². The van der Waals surface area contributed by atoms with Gasteiger partial charge < -0.3 is 14.6 Å². The maximum absolute atomic E-state index is 11.9. The topological polar surface area (TPSA) is 102 Å². The number of aliphatic hydroxyl groups excluding tert-OH is 1. The lowest BCUT2D eigenvalue weighted by atomic mass is 9.83. The average molecular weight is 343 g/mol. The van der Waals surface area contributed by atoms with Gasteiger partial charge in [-0.15, -0.1) is 10.2 Å². The predicted molar refractivity (Wildman–Crippen MR) is 82.1 cm³/mol. The molecule has 2 rings (SSSR count). The number of carbonyl (C=O) groups is 2. The zero-order chi connectivity index (χ0) is 17.2. The Morgan fingerprint density at radius 2 is 1.96 bits per heavy atom. The summed E-state index contributed by atoms with van der Waals surface area (Å²) in [4.78, 5) is 24.5. The highest BCUT2D eigenvalue weighted by molar-refractivity contribution is 7.11. The van der Waals surface area contributed by atoms with Gasteiger partial charge in [0.2, 0.25) is 0 Å². The second-order valence-corrected chi connectivity index (χ2v) is 7.50. The summed E-state index contributed by atoms with van der Waals surface area (Å²) >= 11 is 1.36. The fourth-order valence-corrected chi connectivity index (χ4v) is 2.81. The fraction of sp³-hybridized carbons (Fsp3) is 0.714. The first-order valence-electron chi connectivity index (χ1n) is 7.30. The summed E-state index contributed by atoms with van der Waals surface area (Å²) < 4.78 is 10.4. The van der Waals surface area contributed by atoms with Crippen LogP contribution in [-0.2, 0) is 16.1 Å². The third-order valence-corrected chi connectivity index (χ3v) is 4.34.